The van der Waals surface area contributed by atoms with Crippen molar-refractivity contribution in [2.75, 3.05) is 5.32 Å². The Bertz CT molecular complexity index is 752. The van der Waals surface area contributed by atoms with Crippen LogP contribution < -0.4 is 10.1 Å². The molecule has 0 saturated heterocycles. The molecule has 0 aromatic heterocycles. The highest BCUT2D eigenvalue weighted by molar-refractivity contribution is 6.32. The first-order chi connectivity index (χ1) is 10.8. The third kappa shape index (κ3) is 3.96. The zero-order valence-corrected chi connectivity index (χ0v) is 13.0. The van der Waals surface area contributed by atoms with Gasteiger partial charge < -0.3 is 10.1 Å². The van der Waals surface area contributed by atoms with Crippen molar-refractivity contribution in [3.63, 3.8) is 0 Å². The molecule has 0 heterocycles. The van der Waals surface area contributed by atoms with Crippen LogP contribution in [0.15, 0.2) is 30.3 Å². The van der Waals surface area contributed by atoms with E-state index < -0.39 is 35.2 Å². The fourth-order valence-electron chi connectivity index (χ4n) is 1.80. The van der Waals surface area contributed by atoms with Gasteiger partial charge in [-0.15, -0.1) is 0 Å². The first kappa shape index (κ1) is 17.1. The monoisotopic (exact) mass is 343 g/mol. The second kappa shape index (κ2) is 6.91. The Kier molecular flexibility index (Phi) is 5.15. The number of hydrogen-bond acceptors (Lipinski definition) is 2. The minimum absolute atomic E-state index is 0.292. The van der Waals surface area contributed by atoms with Crippen LogP contribution in [0.2, 0.25) is 5.02 Å². The van der Waals surface area contributed by atoms with Crippen molar-refractivity contribution >= 4 is 23.2 Å². The van der Waals surface area contributed by atoms with Gasteiger partial charge in [-0.2, -0.15) is 0 Å². The number of halogens is 4. The molecule has 1 atom stereocenters. The molecular weight excluding hydrogens is 331 g/mol. The Morgan fingerprint density at radius 3 is 2.57 bits per heavy atom. The minimum atomic E-state index is -1.65. The van der Waals surface area contributed by atoms with Gasteiger partial charge in [0.1, 0.15) is 5.75 Å². The number of hydrogen-bond donors (Lipinski definition) is 1. The Hall–Kier alpha value is -2.21. The van der Waals surface area contributed by atoms with Crippen molar-refractivity contribution in [3.8, 4) is 5.75 Å². The lowest BCUT2D eigenvalue weighted by atomic mass is 10.2. The maximum atomic E-state index is 13.5. The van der Waals surface area contributed by atoms with Gasteiger partial charge in [-0.25, -0.2) is 13.2 Å². The number of aryl methyl sites for hydroxylation is 1. The van der Waals surface area contributed by atoms with Gasteiger partial charge in [0.15, 0.2) is 23.6 Å². The van der Waals surface area contributed by atoms with Crippen LogP contribution in [0.3, 0.4) is 0 Å². The van der Waals surface area contributed by atoms with Crippen LogP contribution in [0, 0.1) is 24.4 Å². The number of nitrogens with one attached hydrogen (secondary N) is 1. The van der Waals surface area contributed by atoms with Crippen molar-refractivity contribution < 1.29 is 22.7 Å². The fraction of sp³-hybridized carbons (Fsp3) is 0.188. The van der Waals surface area contributed by atoms with Crippen molar-refractivity contribution in [2.45, 2.75) is 20.0 Å². The Morgan fingerprint density at radius 2 is 1.87 bits per heavy atom. The number of carbonyl (C=O) groups excluding carboxylic acids is 1. The topological polar surface area (TPSA) is 38.3 Å². The molecular formula is C16H13ClF3NO2. The molecule has 23 heavy (non-hydrogen) atoms. The third-order valence-electron chi connectivity index (χ3n) is 3.05. The summed E-state index contributed by atoms with van der Waals surface area (Å²) < 4.78 is 45.0. The van der Waals surface area contributed by atoms with Gasteiger partial charge >= 0.3 is 0 Å². The number of anilines is 1. The predicted octanol–water partition coefficient (Wildman–Crippen LogP) is 4.47. The molecule has 2 aromatic rings. The second-order valence-electron chi connectivity index (χ2n) is 4.91. The van der Waals surface area contributed by atoms with Gasteiger partial charge in [0, 0.05) is 0 Å². The summed E-state index contributed by atoms with van der Waals surface area (Å²) in [7, 11) is 0. The summed E-state index contributed by atoms with van der Waals surface area (Å²) >= 11 is 5.96. The van der Waals surface area contributed by atoms with E-state index in [-0.39, 0.29) is 0 Å². The van der Waals surface area contributed by atoms with E-state index in [9.17, 15) is 18.0 Å². The van der Waals surface area contributed by atoms with Crippen molar-refractivity contribution in [2.24, 2.45) is 0 Å². The molecule has 122 valence electrons. The molecule has 0 spiro atoms. The maximum Gasteiger partial charge on any atom is 0.265 e. The number of rotatable bonds is 4. The Labute approximate surface area is 136 Å². The average Bonchev–Trinajstić information content (AvgIpc) is 2.51. The van der Waals surface area contributed by atoms with Gasteiger partial charge in [-0.05, 0) is 43.7 Å². The van der Waals surface area contributed by atoms with Crippen LogP contribution in [0.1, 0.15) is 12.5 Å². The first-order valence-corrected chi connectivity index (χ1v) is 7.04. The van der Waals surface area contributed by atoms with Crippen LogP contribution in [0.5, 0.6) is 5.75 Å². The molecule has 2 rings (SSSR count). The smallest absolute Gasteiger partial charge is 0.265 e. The molecule has 0 fully saturated rings. The fourth-order valence-corrected chi connectivity index (χ4v) is 1.96. The van der Waals surface area contributed by atoms with Crippen LogP contribution in [0.4, 0.5) is 18.9 Å². The van der Waals surface area contributed by atoms with Crippen molar-refractivity contribution in [1.29, 1.82) is 0 Å². The number of ether oxygens (including phenoxy) is 1. The zero-order chi connectivity index (χ0) is 17.1. The number of benzene rings is 2. The molecule has 0 aliphatic rings. The number of carbonyl (C=O) groups is 1. The lowest BCUT2D eigenvalue weighted by Gasteiger charge is -2.16. The Morgan fingerprint density at radius 1 is 1.17 bits per heavy atom. The van der Waals surface area contributed by atoms with Crippen LogP contribution in [-0.4, -0.2) is 12.0 Å². The summed E-state index contributed by atoms with van der Waals surface area (Å²) in [6, 6.07) is 6.68. The summed E-state index contributed by atoms with van der Waals surface area (Å²) in [5.74, 6) is -4.90. The molecule has 2 aromatic carbocycles. The SMILES string of the molecule is Cc1ccc(Cl)c(OC(C)C(=O)Nc2ccc(F)c(F)c2F)c1. The van der Waals surface area contributed by atoms with Gasteiger partial charge in [-0.3, -0.25) is 4.79 Å². The average molecular weight is 344 g/mol. The highest BCUT2D eigenvalue weighted by Crippen LogP contribution is 2.26. The molecule has 7 heteroatoms. The summed E-state index contributed by atoms with van der Waals surface area (Å²) in [5.41, 5.74) is 0.406. The molecule has 0 radical (unpaired) electrons. The summed E-state index contributed by atoms with van der Waals surface area (Å²) in [6.07, 6.45) is -1.03. The molecule has 0 saturated carbocycles. The standard InChI is InChI=1S/C16H13ClF3NO2/c1-8-3-4-10(17)13(7-8)23-9(2)16(22)21-12-6-5-11(18)14(19)15(12)20/h3-7,9H,1-2H3,(H,21,22). The van der Waals surface area contributed by atoms with Gasteiger partial charge in [0.2, 0.25) is 0 Å². The van der Waals surface area contributed by atoms with E-state index in [1.165, 1.54) is 6.92 Å². The summed E-state index contributed by atoms with van der Waals surface area (Å²) in [6.45, 7) is 3.25. The van der Waals surface area contributed by atoms with Crippen LogP contribution in [-0.2, 0) is 4.79 Å². The van der Waals surface area contributed by atoms with E-state index in [2.05, 4.69) is 5.32 Å². The van der Waals surface area contributed by atoms with Crippen molar-refractivity contribution in [1.82, 2.24) is 0 Å². The van der Waals surface area contributed by atoms with Gasteiger partial charge in [0.05, 0.1) is 10.7 Å². The van der Waals surface area contributed by atoms with Crippen LogP contribution in [0.25, 0.3) is 0 Å². The quantitative estimate of drug-likeness (QED) is 0.832. The molecule has 1 amide bonds. The highest BCUT2D eigenvalue weighted by atomic mass is 35.5. The molecule has 1 N–H and O–H groups in total. The molecule has 0 aliphatic carbocycles. The lowest BCUT2D eigenvalue weighted by molar-refractivity contribution is -0.122. The number of amides is 1. The van der Waals surface area contributed by atoms with E-state index in [1.807, 2.05) is 6.92 Å². The minimum Gasteiger partial charge on any atom is -0.479 e. The van der Waals surface area contributed by atoms with Gasteiger partial charge in [0.25, 0.3) is 5.91 Å². The normalized spacial score (nSPS) is 11.9. The van der Waals surface area contributed by atoms with Gasteiger partial charge in [-0.1, -0.05) is 17.7 Å². The van der Waals surface area contributed by atoms with E-state index >= 15 is 0 Å². The van der Waals surface area contributed by atoms with E-state index in [1.54, 1.807) is 18.2 Å². The zero-order valence-electron chi connectivity index (χ0n) is 12.3. The summed E-state index contributed by atoms with van der Waals surface area (Å²) in [5, 5.41) is 2.46. The van der Waals surface area contributed by atoms with Crippen LogP contribution >= 0.6 is 11.6 Å². The maximum absolute atomic E-state index is 13.5. The highest BCUT2D eigenvalue weighted by Gasteiger charge is 2.20. The summed E-state index contributed by atoms with van der Waals surface area (Å²) in [4.78, 5) is 12.0. The van der Waals surface area contributed by atoms with Crippen molar-refractivity contribution in [3.05, 3.63) is 58.4 Å². The molecule has 3 nitrogen and oxygen atoms in total. The molecule has 1 unspecified atom stereocenters. The van der Waals surface area contributed by atoms with E-state index in [0.29, 0.717) is 10.8 Å². The Balaban J connectivity index is 2.12. The first-order valence-electron chi connectivity index (χ1n) is 6.66. The second-order valence-corrected chi connectivity index (χ2v) is 5.31. The molecule has 0 bridgehead atoms. The van der Waals surface area contributed by atoms with E-state index in [4.69, 9.17) is 16.3 Å². The third-order valence-corrected chi connectivity index (χ3v) is 3.36. The lowest BCUT2D eigenvalue weighted by Crippen LogP contribution is -2.30. The van der Waals surface area contributed by atoms with E-state index in [0.717, 1.165) is 17.7 Å². The predicted molar refractivity (Wildman–Crippen MR) is 81.2 cm³/mol. The molecule has 0 aliphatic heterocycles. The largest absolute Gasteiger partial charge is 0.479 e.